The zero-order valence-corrected chi connectivity index (χ0v) is 19.4. The number of para-hydroxylation sites is 1. The number of urea groups is 1. The molecule has 2 saturated heterocycles. The minimum Gasteiger partial charge on any atom is -0.449 e. The van der Waals surface area contributed by atoms with E-state index in [-0.39, 0.29) is 42.5 Å². The van der Waals surface area contributed by atoms with Crippen molar-refractivity contribution in [1.29, 1.82) is 0 Å². The van der Waals surface area contributed by atoms with E-state index in [2.05, 4.69) is 4.98 Å². The zero-order valence-electron chi connectivity index (χ0n) is 18.6. The number of piperidine rings is 1. The SMILES string of the molecule is Cc1nc(-c2ccc(S(=O)(=O)N3CCC(N4CC(=O)N(c5ccccc5)C4=O)CC3)cc2)co1. The van der Waals surface area contributed by atoms with Crippen LogP contribution >= 0.6 is 0 Å². The summed E-state index contributed by atoms with van der Waals surface area (Å²) >= 11 is 0. The quantitative estimate of drug-likeness (QED) is 0.519. The predicted molar refractivity (Wildman–Crippen MR) is 124 cm³/mol. The summed E-state index contributed by atoms with van der Waals surface area (Å²) in [6, 6.07) is 14.9. The number of hydrogen-bond donors (Lipinski definition) is 0. The molecule has 0 saturated carbocycles. The third kappa shape index (κ3) is 3.99. The van der Waals surface area contributed by atoms with Gasteiger partial charge in [0.15, 0.2) is 5.89 Å². The van der Waals surface area contributed by atoms with Gasteiger partial charge in [-0.3, -0.25) is 4.79 Å². The van der Waals surface area contributed by atoms with Gasteiger partial charge in [-0.25, -0.2) is 23.1 Å². The molecule has 0 atom stereocenters. The lowest BCUT2D eigenvalue weighted by atomic mass is 10.1. The first-order valence-corrected chi connectivity index (χ1v) is 12.5. The molecule has 3 aromatic rings. The van der Waals surface area contributed by atoms with E-state index in [1.807, 2.05) is 6.07 Å². The molecule has 10 heteroatoms. The van der Waals surface area contributed by atoms with E-state index in [9.17, 15) is 18.0 Å². The summed E-state index contributed by atoms with van der Waals surface area (Å²) in [5.74, 6) is 0.272. The van der Waals surface area contributed by atoms with Crippen molar-refractivity contribution in [2.45, 2.75) is 30.7 Å². The van der Waals surface area contributed by atoms with Crippen LogP contribution in [-0.2, 0) is 14.8 Å². The Morgan fingerprint density at radius 2 is 1.65 bits per heavy atom. The summed E-state index contributed by atoms with van der Waals surface area (Å²) in [7, 11) is -3.67. The number of carbonyl (C=O) groups is 2. The minimum absolute atomic E-state index is 0.00806. The Kier molecular flexibility index (Phi) is 5.70. The number of anilines is 1. The molecule has 5 rings (SSSR count). The monoisotopic (exact) mass is 480 g/mol. The number of hydrogen-bond acceptors (Lipinski definition) is 6. The molecule has 0 radical (unpaired) electrons. The molecule has 2 aliphatic rings. The summed E-state index contributed by atoms with van der Waals surface area (Å²) in [6.45, 7) is 2.31. The summed E-state index contributed by atoms with van der Waals surface area (Å²) in [4.78, 5) is 32.7. The van der Waals surface area contributed by atoms with E-state index in [1.165, 1.54) is 15.5 Å². The van der Waals surface area contributed by atoms with E-state index >= 15 is 0 Å². The first kappa shape index (κ1) is 22.3. The lowest BCUT2D eigenvalue weighted by molar-refractivity contribution is -0.116. The Morgan fingerprint density at radius 3 is 2.26 bits per heavy atom. The predicted octanol–water partition coefficient (Wildman–Crippen LogP) is 3.27. The lowest BCUT2D eigenvalue weighted by Gasteiger charge is -2.35. The van der Waals surface area contributed by atoms with Gasteiger partial charge in [0.1, 0.15) is 18.5 Å². The third-order valence-electron chi connectivity index (χ3n) is 6.28. The number of sulfonamides is 1. The minimum atomic E-state index is -3.67. The highest BCUT2D eigenvalue weighted by atomic mass is 32.2. The summed E-state index contributed by atoms with van der Waals surface area (Å²) in [6.07, 6.45) is 2.47. The Balaban J connectivity index is 1.25. The summed E-state index contributed by atoms with van der Waals surface area (Å²) in [5.41, 5.74) is 1.97. The number of imide groups is 1. The number of rotatable bonds is 5. The number of oxazole rings is 1. The van der Waals surface area contributed by atoms with Crippen molar-refractivity contribution in [3.8, 4) is 11.3 Å². The normalized spacial score (nSPS) is 18.1. The Bertz CT molecular complexity index is 1310. The topological polar surface area (TPSA) is 104 Å². The van der Waals surface area contributed by atoms with Gasteiger partial charge in [-0.1, -0.05) is 30.3 Å². The lowest BCUT2D eigenvalue weighted by Crippen LogP contribution is -2.48. The molecule has 1 aromatic heterocycles. The number of amides is 3. The van der Waals surface area contributed by atoms with E-state index < -0.39 is 10.0 Å². The van der Waals surface area contributed by atoms with Gasteiger partial charge in [-0.05, 0) is 37.1 Å². The van der Waals surface area contributed by atoms with Gasteiger partial charge in [-0.2, -0.15) is 4.31 Å². The van der Waals surface area contributed by atoms with Crippen molar-refractivity contribution in [1.82, 2.24) is 14.2 Å². The van der Waals surface area contributed by atoms with Crippen LogP contribution in [0.15, 0.2) is 70.2 Å². The molecule has 9 nitrogen and oxygen atoms in total. The van der Waals surface area contributed by atoms with Crippen molar-refractivity contribution in [3.05, 3.63) is 66.8 Å². The first-order valence-electron chi connectivity index (χ1n) is 11.1. The smallest absolute Gasteiger partial charge is 0.332 e. The van der Waals surface area contributed by atoms with E-state index in [4.69, 9.17) is 4.42 Å². The highest BCUT2D eigenvalue weighted by Crippen LogP contribution is 2.29. The van der Waals surface area contributed by atoms with Crippen LogP contribution in [0.25, 0.3) is 11.3 Å². The second-order valence-corrected chi connectivity index (χ2v) is 10.3. The molecule has 3 amide bonds. The molecule has 3 heterocycles. The van der Waals surface area contributed by atoms with Gasteiger partial charge < -0.3 is 9.32 Å². The largest absolute Gasteiger partial charge is 0.449 e. The Labute approximate surface area is 197 Å². The van der Waals surface area contributed by atoms with Crippen LogP contribution in [0.1, 0.15) is 18.7 Å². The highest BCUT2D eigenvalue weighted by Gasteiger charge is 2.42. The molecule has 0 N–H and O–H groups in total. The third-order valence-corrected chi connectivity index (χ3v) is 8.19. The van der Waals surface area contributed by atoms with Gasteiger partial charge in [0, 0.05) is 31.6 Å². The highest BCUT2D eigenvalue weighted by molar-refractivity contribution is 7.89. The second kappa shape index (κ2) is 8.69. The first-order chi connectivity index (χ1) is 16.3. The van der Waals surface area contributed by atoms with Gasteiger partial charge >= 0.3 is 6.03 Å². The molecule has 2 fully saturated rings. The average Bonchev–Trinajstić information content (AvgIpc) is 3.42. The Hall–Kier alpha value is -3.50. The average molecular weight is 481 g/mol. The molecule has 34 heavy (non-hydrogen) atoms. The standard InChI is InChI=1S/C24H24N4O5S/c1-17-25-22(16-33-17)18-7-9-21(10-8-18)34(31,32)26-13-11-19(12-14-26)27-15-23(29)28(24(27)30)20-5-3-2-4-6-20/h2-10,16,19H,11-15H2,1H3. The zero-order chi connectivity index (χ0) is 23.9. The molecule has 0 bridgehead atoms. The number of nitrogens with zero attached hydrogens (tertiary/aromatic N) is 4. The fourth-order valence-electron chi connectivity index (χ4n) is 4.47. The van der Waals surface area contributed by atoms with E-state index in [0.29, 0.717) is 30.1 Å². The second-order valence-electron chi connectivity index (χ2n) is 8.39. The number of aromatic nitrogens is 1. The van der Waals surface area contributed by atoms with Crippen LogP contribution in [0.2, 0.25) is 0 Å². The molecule has 0 aliphatic carbocycles. The van der Waals surface area contributed by atoms with Crippen LogP contribution in [0.3, 0.4) is 0 Å². The van der Waals surface area contributed by atoms with Crippen molar-refractivity contribution in [2.75, 3.05) is 24.5 Å². The van der Waals surface area contributed by atoms with Gasteiger partial charge in [0.25, 0.3) is 5.91 Å². The van der Waals surface area contributed by atoms with Crippen LogP contribution in [0, 0.1) is 6.92 Å². The summed E-state index contributed by atoms with van der Waals surface area (Å²) in [5, 5.41) is 0. The molecule has 0 unspecified atom stereocenters. The summed E-state index contributed by atoms with van der Waals surface area (Å²) < 4.78 is 33.0. The van der Waals surface area contributed by atoms with Crippen molar-refractivity contribution < 1.29 is 22.4 Å². The molecule has 2 aromatic carbocycles. The molecular weight excluding hydrogens is 456 g/mol. The van der Waals surface area contributed by atoms with Gasteiger partial charge in [0.2, 0.25) is 10.0 Å². The van der Waals surface area contributed by atoms with E-state index in [0.717, 1.165) is 5.56 Å². The van der Waals surface area contributed by atoms with Crippen LogP contribution in [-0.4, -0.2) is 60.2 Å². The number of carbonyl (C=O) groups excluding carboxylic acids is 2. The van der Waals surface area contributed by atoms with Crippen molar-refractivity contribution >= 4 is 27.6 Å². The van der Waals surface area contributed by atoms with Crippen LogP contribution in [0.4, 0.5) is 10.5 Å². The van der Waals surface area contributed by atoms with Crippen molar-refractivity contribution in [2.24, 2.45) is 0 Å². The van der Waals surface area contributed by atoms with Crippen LogP contribution in [0.5, 0.6) is 0 Å². The van der Waals surface area contributed by atoms with Crippen molar-refractivity contribution in [3.63, 3.8) is 0 Å². The molecule has 0 spiro atoms. The maximum Gasteiger partial charge on any atom is 0.332 e. The molecular formula is C24H24N4O5S. The Morgan fingerprint density at radius 1 is 0.971 bits per heavy atom. The maximum atomic E-state index is 13.2. The molecule has 176 valence electrons. The van der Waals surface area contributed by atoms with E-state index in [1.54, 1.807) is 60.4 Å². The molecule has 2 aliphatic heterocycles. The number of benzene rings is 2. The maximum absolute atomic E-state index is 13.2. The van der Waals surface area contributed by atoms with Crippen LogP contribution < -0.4 is 4.90 Å². The van der Waals surface area contributed by atoms with Gasteiger partial charge in [0.05, 0.1) is 10.6 Å². The fraction of sp³-hybridized carbons (Fsp3) is 0.292. The van der Waals surface area contributed by atoms with Gasteiger partial charge in [-0.15, -0.1) is 0 Å². The fourth-order valence-corrected chi connectivity index (χ4v) is 5.94. The number of aryl methyl sites for hydroxylation is 1.